The lowest BCUT2D eigenvalue weighted by molar-refractivity contribution is 0.0635. The first-order chi connectivity index (χ1) is 19.6. The van der Waals surface area contributed by atoms with Crippen LogP contribution < -0.4 is 4.87 Å². The number of H-pyrrole nitrogens is 1. The normalized spacial score (nSPS) is 14.2. The van der Waals surface area contributed by atoms with Crippen molar-refractivity contribution in [1.29, 1.82) is 0 Å². The fraction of sp³-hybridized carbons (Fsp3) is 0.697. The van der Waals surface area contributed by atoms with Gasteiger partial charge in [-0.25, -0.2) is 0 Å². The monoisotopic (exact) mass is 571 g/mol. The van der Waals surface area contributed by atoms with E-state index in [0.29, 0.717) is 16.9 Å². The predicted molar refractivity (Wildman–Crippen MR) is 168 cm³/mol. The fourth-order valence-corrected chi connectivity index (χ4v) is 6.42. The molecule has 1 aromatic heterocycles. The Morgan fingerprint density at radius 2 is 1.27 bits per heavy atom. The van der Waals surface area contributed by atoms with E-state index in [4.69, 9.17) is 0 Å². The van der Waals surface area contributed by atoms with Crippen LogP contribution in [-0.2, 0) is 6.42 Å². The van der Waals surface area contributed by atoms with E-state index in [1.54, 1.807) is 0 Å². The Hall–Kier alpha value is -2.12. The molecule has 1 saturated heterocycles. The summed E-state index contributed by atoms with van der Waals surface area (Å²) in [5, 5.41) is 9.79. The van der Waals surface area contributed by atoms with Gasteiger partial charge in [0.15, 0.2) is 0 Å². The number of rotatable bonds is 20. The molecule has 0 atom stereocenters. The minimum absolute atomic E-state index is 0.0624. The van der Waals surface area contributed by atoms with Crippen LogP contribution in [0.25, 0.3) is 0 Å². The Morgan fingerprint density at radius 1 is 0.775 bits per heavy atom. The minimum atomic E-state index is -0.256. The third kappa shape index (κ3) is 12.2. The van der Waals surface area contributed by atoms with Crippen LogP contribution in [0.5, 0.6) is 5.88 Å². The molecule has 0 radical (unpaired) electrons. The molecule has 1 aliphatic heterocycles. The summed E-state index contributed by atoms with van der Waals surface area (Å²) in [6.45, 7) is 6.90. The maximum Gasteiger partial charge on any atom is 0.307 e. The van der Waals surface area contributed by atoms with Crippen molar-refractivity contribution in [3.63, 3.8) is 0 Å². The van der Waals surface area contributed by atoms with Gasteiger partial charge in [0.05, 0.1) is 4.88 Å². The molecular weight excluding hydrogens is 518 g/mol. The molecule has 3 rings (SSSR count). The van der Waals surface area contributed by atoms with E-state index in [9.17, 15) is 14.7 Å². The third-order valence-electron chi connectivity index (χ3n) is 8.25. The number of aromatic nitrogens is 1. The summed E-state index contributed by atoms with van der Waals surface area (Å²) in [6.07, 6.45) is 22.8. The zero-order valence-electron chi connectivity index (χ0n) is 24.9. The van der Waals surface area contributed by atoms with Crippen molar-refractivity contribution in [2.24, 2.45) is 0 Å². The van der Waals surface area contributed by atoms with Crippen molar-refractivity contribution in [3.8, 4) is 5.88 Å². The molecule has 6 nitrogen and oxygen atoms in total. The molecule has 0 aliphatic carbocycles. The highest BCUT2D eigenvalue weighted by atomic mass is 32.1. The van der Waals surface area contributed by atoms with Crippen LogP contribution in [-0.4, -0.2) is 58.5 Å². The number of carbonyl (C=O) groups excluding carboxylic acids is 1. The van der Waals surface area contributed by atoms with Gasteiger partial charge in [0.1, 0.15) is 0 Å². The summed E-state index contributed by atoms with van der Waals surface area (Å²) in [5.41, 5.74) is 1.66. The molecule has 1 amide bonds. The lowest BCUT2D eigenvalue weighted by atomic mass is 10.0. The van der Waals surface area contributed by atoms with Crippen LogP contribution in [0.2, 0.25) is 0 Å². The number of piperazine rings is 1. The first kappa shape index (κ1) is 32.4. The van der Waals surface area contributed by atoms with Crippen LogP contribution in [0.15, 0.2) is 29.1 Å². The summed E-state index contributed by atoms with van der Waals surface area (Å²) >= 11 is 1.02. The maximum absolute atomic E-state index is 13.0. The molecule has 7 heteroatoms. The molecule has 40 heavy (non-hydrogen) atoms. The molecule has 2 aromatic rings. The summed E-state index contributed by atoms with van der Waals surface area (Å²) in [6, 6.07) is 7.52. The number of aromatic amines is 1. The van der Waals surface area contributed by atoms with E-state index >= 15 is 0 Å². The van der Waals surface area contributed by atoms with Gasteiger partial charge in [0.2, 0.25) is 5.88 Å². The van der Waals surface area contributed by atoms with E-state index < -0.39 is 0 Å². The molecule has 0 unspecified atom stereocenters. The Bertz CT molecular complexity index is 1010. The lowest BCUT2D eigenvalue weighted by Gasteiger charge is -2.34. The molecular formula is C33H53N3O3S. The number of thiazole rings is 1. The first-order valence-electron chi connectivity index (χ1n) is 16.1. The summed E-state index contributed by atoms with van der Waals surface area (Å²) in [5.74, 6) is 0.0235. The molecule has 0 spiro atoms. The maximum atomic E-state index is 13.0. The number of hydrogen-bond donors (Lipinski definition) is 2. The zero-order chi connectivity index (χ0) is 28.4. The van der Waals surface area contributed by atoms with E-state index in [2.05, 4.69) is 16.8 Å². The van der Waals surface area contributed by atoms with Crippen molar-refractivity contribution >= 4 is 17.2 Å². The number of hydrogen-bond acceptors (Lipinski definition) is 5. The SMILES string of the molecule is CCCCCCCCCCCCCCCCCCN1CCN(C(=O)c2ccc(Cc3sc(=O)[nH]c3O)cc2)CC1. The minimum Gasteiger partial charge on any atom is -0.494 e. The molecule has 0 saturated carbocycles. The Balaban J connectivity index is 1.16. The van der Waals surface area contributed by atoms with Gasteiger partial charge in [-0.3, -0.25) is 19.5 Å². The average Bonchev–Trinajstić information content (AvgIpc) is 3.29. The average molecular weight is 572 g/mol. The molecule has 2 heterocycles. The topological polar surface area (TPSA) is 76.6 Å². The predicted octanol–water partition coefficient (Wildman–Crippen LogP) is 7.75. The van der Waals surface area contributed by atoms with E-state index in [-0.39, 0.29) is 16.7 Å². The zero-order valence-corrected chi connectivity index (χ0v) is 25.7. The standard InChI is InChI=1S/C33H53N3O3S/c1-2-3-4-5-6-7-8-9-10-11-12-13-14-15-16-17-22-35-23-25-36(26-24-35)32(38)29-20-18-28(19-21-29)27-30-31(37)34-33(39)40-30/h18-21,37H,2-17,22-27H2,1H3,(H,34,39). The summed E-state index contributed by atoms with van der Waals surface area (Å²) < 4.78 is 0. The molecule has 0 bridgehead atoms. The van der Waals surface area contributed by atoms with Crippen molar-refractivity contribution in [2.45, 2.75) is 116 Å². The largest absolute Gasteiger partial charge is 0.494 e. The van der Waals surface area contributed by atoms with Crippen LogP contribution >= 0.6 is 11.3 Å². The van der Waals surface area contributed by atoms with Crippen LogP contribution in [0, 0.1) is 0 Å². The highest BCUT2D eigenvalue weighted by Gasteiger charge is 2.22. The highest BCUT2D eigenvalue weighted by Crippen LogP contribution is 2.21. The molecule has 2 N–H and O–H groups in total. The van der Waals surface area contributed by atoms with Gasteiger partial charge in [-0.15, -0.1) is 0 Å². The smallest absolute Gasteiger partial charge is 0.307 e. The van der Waals surface area contributed by atoms with Gasteiger partial charge in [0, 0.05) is 38.2 Å². The Morgan fingerprint density at radius 3 is 1.75 bits per heavy atom. The fourth-order valence-electron chi connectivity index (χ4n) is 5.66. The Labute approximate surface area is 246 Å². The highest BCUT2D eigenvalue weighted by molar-refractivity contribution is 7.09. The summed E-state index contributed by atoms with van der Waals surface area (Å²) in [4.78, 5) is 31.6. The second kappa shape index (κ2) is 19.1. The van der Waals surface area contributed by atoms with E-state index in [1.165, 1.54) is 103 Å². The first-order valence-corrected chi connectivity index (χ1v) is 16.9. The number of benzene rings is 1. The number of nitrogens with one attached hydrogen (secondary N) is 1. The van der Waals surface area contributed by atoms with Crippen molar-refractivity contribution in [1.82, 2.24) is 14.8 Å². The number of unbranched alkanes of at least 4 members (excludes halogenated alkanes) is 15. The number of nitrogens with zero attached hydrogens (tertiary/aromatic N) is 2. The van der Waals surface area contributed by atoms with E-state index in [0.717, 1.165) is 49.6 Å². The van der Waals surface area contributed by atoms with Crippen molar-refractivity contribution < 1.29 is 9.90 Å². The van der Waals surface area contributed by atoms with Gasteiger partial charge < -0.3 is 10.0 Å². The molecule has 1 aliphatic rings. The quantitative estimate of drug-likeness (QED) is 0.159. The second-order valence-electron chi connectivity index (χ2n) is 11.6. The van der Waals surface area contributed by atoms with Gasteiger partial charge in [0.25, 0.3) is 5.91 Å². The van der Waals surface area contributed by atoms with Crippen molar-refractivity contribution in [3.05, 3.63) is 49.9 Å². The molecule has 1 fully saturated rings. The number of carbonyl (C=O) groups is 1. The van der Waals surface area contributed by atoms with Crippen LogP contribution in [0.1, 0.15) is 130 Å². The van der Waals surface area contributed by atoms with Gasteiger partial charge in [-0.1, -0.05) is 127 Å². The van der Waals surface area contributed by atoms with Gasteiger partial charge >= 0.3 is 4.87 Å². The lowest BCUT2D eigenvalue weighted by Crippen LogP contribution is -2.48. The number of amides is 1. The Kier molecular flexibility index (Phi) is 15.5. The number of aromatic hydroxyl groups is 1. The third-order valence-corrected chi connectivity index (χ3v) is 9.12. The van der Waals surface area contributed by atoms with Gasteiger partial charge in [-0.2, -0.15) is 0 Å². The van der Waals surface area contributed by atoms with Crippen LogP contribution in [0.4, 0.5) is 0 Å². The van der Waals surface area contributed by atoms with Gasteiger partial charge in [-0.05, 0) is 30.7 Å². The van der Waals surface area contributed by atoms with Crippen molar-refractivity contribution in [2.75, 3.05) is 32.7 Å². The van der Waals surface area contributed by atoms with E-state index in [1.807, 2.05) is 29.2 Å². The molecule has 224 valence electrons. The second-order valence-corrected chi connectivity index (χ2v) is 12.7. The molecule has 1 aromatic carbocycles. The van der Waals surface area contributed by atoms with Crippen LogP contribution in [0.3, 0.4) is 0 Å². The summed E-state index contributed by atoms with van der Waals surface area (Å²) in [7, 11) is 0.